The summed E-state index contributed by atoms with van der Waals surface area (Å²) in [6, 6.07) is 12.9. The topological polar surface area (TPSA) is 102 Å². The SMILES string of the molecule is COc1ccc2c(C(=O)O)cc(=O)n(CCN3CCC(NCc4ccc5c(c4)OCCO5)CC3)c2c1. The van der Waals surface area contributed by atoms with Crippen LogP contribution in [0.3, 0.4) is 0 Å². The van der Waals surface area contributed by atoms with Crippen LogP contribution >= 0.6 is 0 Å². The number of nitrogens with zero attached hydrogens (tertiary/aromatic N) is 2. The van der Waals surface area contributed by atoms with Crippen molar-refractivity contribution in [2.45, 2.75) is 32.0 Å². The number of pyridine rings is 1. The van der Waals surface area contributed by atoms with Crippen molar-refractivity contribution in [1.29, 1.82) is 0 Å². The third-order valence-electron chi connectivity index (χ3n) is 6.98. The molecule has 3 aromatic rings. The number of nitrogens with one attached hydrogen (secondary N) is 1. The molecule has 9 heteroatoms. The fourth-order valence-corrected chi connectivity index (χ4v) is 4.96. The van der Waals surface area contributed by atoms with Gasteiger partial charge in [-0.2, -0.15) is 0 Å². The van der Waals surface area contributed by atoms with Crippen LogP contribution in [-0.4, -0.2) is 66.5 Å². The molecule has 1 aromatic heterocycles. The number of likely N-dealkylation sites (tertiary alicyclic amines) is 1. The zero-order chi connectivity index (χ0) is 25.1. The summed E-state index contributed by atoms with van der Waals surface area (Å²) < 4.78 is 18.2. The molecule has 0 saturated carbocycles. The monoisotopic (exact) mass is 493 g/mol. The Balaban J connectivity index is 1.18. The highest BCUT2D eigenvalue weighted by Gasteiger charge is 2.20. The molecule has 2 aliphatic heterocycles. The van der Waals surface area contributed by atoms with Gasteiger partial charge in [-0.15, -0.1) is 0 Å². The standard InChI is InChI=1S/C27H31N3O6/c1-34-20-3-4-21-22(27(32)33)16-26(31)30(23(21)15-20)11-10-29-8-6-19(7-9-29)28-17-18-2-5-24-25(14-18)36-13-12-35-24/h2-5,14-16,19,28H,6-13,17H2,1H3,(H,32,33). The number of methoxy groups -OCH3 is 1. The Labute approximate surface area is 209 Å². The van der Waals surface area contributed by atoms with Crippen LogP contribution in [0.25, 0.3) is 10.9 Å². The molecule has 5 rings (SSSR count). The van der Waals surface area contributed by atoms with E-state index in [0.717, 1.165) is 44.0 Å². The van der Waals surface area contributed by atoms with E-state index in [9.17, 15) is 14.7 Å². The van der Waals surface area contributed by atoms with Gasteiger partial charge in [0, 0.05) is 43.2 Å². The minimum Gasteiger partial charge on any atom is -0.497 e. The van der Waals surface area contributed by atoms with Crippen LogP contribution in [0.4, 0.5) is 0 Å². The van der Waals surface area contributed by atoms with Crippen molar-refractivity contribution < 1.29 is 24.1 Å². The summed E-state index contributed by atoms with van der Waals surface area (Å²) in [6.07, 6.45) is 2.04. The molecule has 0 bridgehead atoms. The third-order valence-corrected chi connectivity index (χ3v) is 6.98. The number of hydrogen-bond acceptors (Lipinski definition) is 7. The Morgan fingerprint density at radius 1 is 1.06 bits per heavy atom. The minimum atomic E-state index is -1.11. The molecule has 9 nitrogen and oxygen atoms in total. The van der Waals surface area contributed by atoms with Crippen molar-refractivity contribution in [3.63, 3.8) is 0 Å². The van der Waals surface area contributed by atoms with Gasteiger partial charge in [-0.25, -0.2) is 4.79 Å². The lowest BCUT2D eigenvalue weighted by molar-refractivity contribution is 0.0698. The fourth-order valence-electron chi connectivity index (χ4n) is 4.96. The Morgan fingerprint density at radius 2 is 1.83 bits per heavy atom. The molecule has 2 aromatic carbocycles. The molecule has 1 fully saturated rings. The zero-order valence-electron chi connectivity index (χ0n) is 20.4. The van der Waals surface area contributed by atoms with E-state index in [1.807, 2.05) is 12.1 Å². The van der Waals surface area contributed by atoms with E-state index in [0.29, 0.717) is 49.0 Å². The van der Waals surface area contributed by atoms with E-state index >= 15 is 0 Å². The normalized spacial score (nSPS) is 16.2. The number of fused-ring (bicyclic) bond motifs is 2. The van der Waals surface area contributed by atoms with Crippen molar-refractivity contribution in [1.82, 2.24) is 14.8 Å². The van der Waals surface area contributed by atoms with Crippen LogP contribution in [0, 0.1) is 0 Å². The van der Waals surface area contributed by atoms with Gasteiger partial charge in [-0.05, 0) is 55.8 Å². The second-order valence-electron chi connectivity index (χ2n) is 9.21. The Morgan fingerprint density at radius 3 is 2.58 bits per heavy atom. The number of ether oxygens (including phenoxy) is 3. The molecule has 2 N–H and O–H groups in total. The first-order valence-electron chi connectivity index (χ1n) is 12.3. The molecule has 0 atom stereocenters. The number of rotatable bonds is 8. The van der Waals surface area contributed by atoms with Gasteiger partial charge >= 0.3 is 5.97 Å². The summed E-state index contributed by atoms with van der Waals surface area (Å²) >= 11 is 0. The third kappa shape index (κ3) is 5.17. The smallest absolute Gasteiger partial charge is 0.336 e. The lowest BCUT2D eigenvalue weighted by atomic mass is 10.0. The van der Waals surface area contributed by atoms with Gasteiger partial charge < -0.3 is 34.1 Å². The highest BCUT2D eigenvalue weighted by Crippen LogP contribution is 2.30. The van der Waals surface area contributed by atoms with E-state index in [1.54, 1.807) is 29.9 Å². The van der Waals surface area contributed by atoms with Gasteiger partial charge in [0.1, 0.15) is 19.0 Å². The average Bonchev–Trinajstić information content (AvgIpc) is 2.91. The first kappa shape index (κ1) is 24.1. The lowest BCUT2D eigenvalue weighted by Crippen LogP contribution is -2.43. The number of aromatic nitrogens is 1. The number of benzene rings is 2. The van der Waals surface area contributed by atoms with Crippen molar-refractivity contribution >= 4 is 16.9 Å². The lowest BCUT2D eigenvalue weighted by Gasteiger charge is -2.32. The van der Waals surface area contributed by atoms with Crippen molar-refractivity contribution in [3.05, 3.63) is 63.9 Å². The van der Waals surface area contributed by atoms with Crippen LogP contribution in [0.2, 0.25) is 0 Å². The molecule has 0 amide bonds. The second kappa shape index (κ2) is 10.6. The maximum absolute atomic E-state index is 12.8. The van der Waals surface area contributed by atoms with E-state index < -0.39 is 5.97 Å². The highest BCUT2D eigenvalue weighted by atomic mass is 16.6. The van der Waals surface area contributed by atoms with E-state index in [4.69, 9.17) is 14.2 Å². The molecule has 190 valence electrons. The van der Waals surface area contributed by atoms with E-state index in [-0.39, 0.29) is 11.1 Å². The molecular weight excluding hydrogens is 462 g/mol. The summed E-state index contributed by atoms with van der Waals surface area (Å²) in [7, 11) is 1.55. The van der Waals surface area contributed by atoms with Crippen LogP contribution in [-0.2, 0) is 13.1 Å². The predicted molar refractivity (Wildman–Crippen MR) is 135 cm³/mol. The molecular formula is C27H31N3O6. The maximum atomic E-state index is 12.8. The van der Waals surface area contributed by atoms with Crippen LogP contribution in [0.5, 0.6) is 17.2 Å². The second-order valence-corrected chi connectivity index (χ2v) is 9.21. The predicted octanol–water partition coefficient (Wildman–Crippen LogP) is 2.73. The van der Waals surface area contributed by atoms with E-state index in [1.165, 1.54) is 11.6 Å². The Bertz CT molecular complexity index is 1310. The van der Waals surface area contributed by atoms with Crippen LogP contribution < -0.4 is 25.1 Å². The largest absolute Gasteiger partial charge is 0.497 e. The van der Waals surface area contributed by atoms with Crippen molar-refractivity contribution in [2.75, 3.05) is 40.0 Å². The maximum Gasteiger partial charge on any atom is 0.336 e. The average molecular weight is 494 g/mol. The molecule has 0 aliphatic carbocycles. The van der Waals surface area contributed by atoms with Crippen LogP contribution in [0.1, 0.15) is 28.8 Å². The molecule has 36 heavy (non-hydrogen) atoms. The zero-order valence-corrected chi connectivity index (χ0v) is 20.4. The first-order valence-corrected chi connectivity index (χ1v) is 12.3. The number of aromatic carboxylic acids is 1. The van der Waals surface area contributed by atoms with E-state index in [2.05, 4.69) is 16.3 Å². The van der Waals surface area contributed by atoms with Gasteiger partial charge in [0.25, 0.3) is 5.56 Å². The fraction of sp³-hybridized carbons (Fsp3) is 0.407. The number of carbonyl (C=O) groups is 1. The number of carboxylic acids is 1. The number of piperidine rings is 1. The molecule has 3 heterocycles. The minimum absolute atomic E-state index is 0.0128. The molecule has 0 spiro atoms. The van der Waals surface area contributed by atoms with Crippen molar-refractivity contribution in [3.8, 4) is 17.2 Å². The Hall–Kier alpha value is -3.56. The molecule has 2 aliphatic rings. The first-order chi connectivity index (χ1) is 17.5. The molecule has 1 saturated heterocycles. The Kier molecular flexibility index (Phi) is 7.11. The number of hydrogen-bond donors (Lipinski definition) is 2. The van der Waals surface area contributed by atoms with Gasteiger partial charge in [0.2, 0.25) is 0 Å². The van der Waals surface area contributed by atoms with Gasteiger partial charge in [0.05, 0.1) is 18.2 Å². The quantitative estimate of drug-likeness (QED) is 0.494. The van der Waals surface area contributed by atoms with Gasteiger partial charge in [-0.3, -0.25) is 4.79 Å². The molecule has 0 radical (unpaired) electrons. The number of carboxylic acid groups (broad SMARTS) is 1. The van der Waals surface area contributed by atoms with Gasteiger partial charge in [-0.1, -0.05) is 6.07 Å². The van der Waals surface area contributed by atoms with Crippen molar-refractivity contribution in [2.24, 2.45) is 0 Å². The summed E-state index contributed by atoms with van der Waals surface area (Å²) in [5, 5.41) is 13.7. The highest BCUT2D eigenvalue weighted by molar-refractivity contribution is 6.02. The summed E-state index contributed by atoms with van der Waals surface area (Å²) in [6.45, 7) is 5.02. The summed E-state index contributed by atoms with van der Waals surface area (Å²) in [5.41, 5.74) is 1.45. The summed E-state index contributed by atoms with van der Waals surface area (Å²) in [4.78, 5) is 26.8. The molecule has 0 unspecified atom stereocenters. The summed E-state index contributed by atoms with van der Waals surface area (Å²) in [5.74, 6) is 1.09. The van der Waals surface area contributed by atoms with Crippen LogP contribution in [0.15, 0.2) is 47.3 Å². The van der Waals surface area contributed by atoms with Gasteiger partial charge in [0.15, 0.2) is 11.5 Å².